The molecule has 0 amide bonds. The summed E-state index contributed by atoms with van der Waals surface area (Å²) in [5.74, 6) is -0.692. The predicted octanol–water partition coefficient (Wildman–Crippen LogP) is 3.68. The summed E-state index contributed by atoms with van der Waals surface area (Å²) in [6.07, 6.45) is 0. The minimum absolute atomic E-state index is 0.309. The van der Waals surface area contributed by atoms with Gasteiger partial charge in [-0.15, -0.1) is 0 Å². The number of carbonyl (C=O) groups is 1. The first-order valence-electron chi connectivity index (χ1n) is 6.44. The van der Waals surface area contributed by atoms with Gasteiger partial charge >= 0.3 is 5.97 Å². The molecular weight excluding hydrogens is 257 g/mol. The van der Waals surface area contributed by atoms with E-state index < -0.39 is 0 Å². The first-order valence-corrected chi connectivity index (χ1v) is 6.44. The number of benzene rings is 1. The van der Waals surface area contributed by atoms with Gasteiger partial charge in [0.15, 0.2) is 0 Å². The van der Waals surface area contributed by atoms with E-state index in [1.165, 1.54) is 12.1 Å². The second kappa shape index (κ2) is 5.82. The number of rotatable bonds is 3. The molecule has 104 valence electrons. The fraction of sp³-hybridized carbons (Fsp3) is 0.250. The monoisotopic (exact) mass is 273 g/mol. The van der Waals surface area contributed by atoms with Crippen LogP contribution < -0.4 is 0 Å². The summed E-state index contributed by atoms with van der Waals surface area (Å²) in [6, 6.07) is 7.99. The molecule has 0 atom stereocenters. The molecule has 2 aromatic rings. The third-order valence-corrected chi connectivity index (χ3v) is 3.00. The molecule has 0 saturated heterocycles. The topological polar surface area (TPSA) is 39.2 Å². The van der Waals surface area contributed by atoms with Crippen molar-refractivity contribution in [3.63, 3.8) is 0 Å². The Hall–Kier alpha value is -2.23. The molecule has 0 bridgehead atoms. The Morgan fingerprint density at radius 1 is 1.30 bits per heavy atom. The van der Waals surface area contributed by atoms with Gasteiger partial charge in [0.1, 0.15) is 5.82 Å². The average molecular weight is 273 g/mol. The summed E-state index contributed by atoms with van der Waals surface area (Å²) >= 11 is 0. The fourth-order valence-corrected chi connectivity index (χ4v) is 2.05. The van der Waals surface area contributed by atoms with E-state index in [4.69, 9.17) is 4.74 Å². The van der Waals surface area contributed by atoms with Crippen molar-refractivity contribution in [2.45, 2.75) is 20.8 Å². The molecule has 0 aliphatic heterocycles. The summed E-state index contributed by atoms with van der Waals surface area (Å²) in [6.45, 7) is 5.67. The van der Waals surface area contributed by atoms with E-state index in [9.17, 15) is 9.18 Å². The molecule has 0 N–H and O–H groups in total. The van der Waals surface area contributed by atoms with Crippen molar-refractivity contribution < 1.29 is 13.9 Å². The SMILES string of the molecule is CCOC(=O)c1cc(C)c(-c2cccc(F)c2)nc1C. The minimum Gasteiger partial charge on any atom is -0.462 e. The van der Waals surface area contributed by atoms with Crippen LogP contribution in [0.3, 0.4) is 0 Å². The van der Waals surface area contributed by atoms with Crippen LogP contribution in [0, 0.1) is 19.7 Å². The Kier molecular flexibility index (Phi) is 4.13. The van der Waals surface area contributed by atoms with Gasteiger partial charge in [-0.2, -0.15) is 0 Å². The quantitative estimate of drug-likeness (QED) is 0.801. The number of aromatic nitrogens is 1. The van der Waals surface area contributed by atoms with Gasteiger partial charge in [0.2, 0.25) is 0 Å². The lowest BCUT2D eigenvalue weighted by molar-refractivity contribution is 0.0525. The molecule has 0 aliphatic rings. The molecule has 0 fully saturated rings. The summed E-state index contributed by atoms with van der Waals surface area (Å²) in [7, 11) is 0. The van der Waals surface area contributed by atoms with Gasteiger partial charge in [-0.25, -0.2) is 9.18 Å². The van der Waals surface area contributed by atoms with Gasteiger partial charge in [-0.3, -0.25) is 4.98 Å². The molecule has 1 aromatic heterocycles. The normalized spacial score (nSPS) is 10.4. The largest absolute Gasteiger partial charge is 0.462 e. The number of halogens is 1. The molecule has 20 heavy (non-hydrogen) atoms. The lowest BCUT2D eigenvalue weighted by Gasteiger charge is -2.11. The summed E-state index contributed by atoms with van der Waals surface area (Å²) in [4.78, 5) is 16.2. The smallest absolute Gasteiger partial charge is 0.339 e. The molecule has 1 aromatic carbocycles. The summed E-state index contributed by atoms with van der Waals surface area (Å²) < 4.78 is 18.3. The Morgan fingerprint density at radius 2 is 2.05 bits per heavy atom. The van der Waals surface area contributed by atoms with Gasteiger partial charge in [0.25, 0.3) is 0 Å². The van der Waals surface area contributed by atoms with Crippen LogP contribution in [-0.4, -0.2) is 17.6 Å². The molecule has 4 heteroatoms. The maximum absolute atomic E-state index is 13.3. The standard InChI is InChI=1S/C16H16FNO2/c1-4-20-16(19)14-8-10(2)15(18-11(14)3)12-6-5-7-13(17)9-12/h5-9H,4H2,1-3H3. The Labute approximate surface area is 117 Å². The van der Waals surface area contributed by atoms with Crippen molar-refractivity contribution in [1.29, 1.82) is 0 Å². The molecule has 0 unspecified atom stereocenters. The third-order valence-electron chi connectivity index (χ3n) is 3.00. The van der Waals surface area contributed by atoms with E-state index in [1.807, 2.05) is 6.92 Å². The number of hydrogen-bond acceptors (Lipinski definition) is 3. The molecule has 0 radical (unpaired) electrons. The van der Waals surface area contributed by atoms with E-state index in [-0.39, 0.29) is 11.8 Å². The van der Waals surface area contributed by atoms with Crippen LogP contribution in [0.5, 0.6) is 0 Å². The maximum Gasteiger partial charge on any atom is 0.339 e. The van der Waals surface area contributed by atoms with Gasteiger partial charge in [-0.1, -0.05) is 12.1 Å². The van der Waals surface area contributed by atoms with Gasteiger partial charge in [0.05, 0.1) is 23.6 Å². The first kappa shape index (κ1) is 14.2. The molecular formula is C16H16FNO2. The summed E-state index contributed by atoms with van der Waals surface area (Å²) in [5.41, 5.74) is 3.21. The minimum atomic E-state index is -0.383. The van der Waals surface area contributed by atoms with E-state index in [0.29, 0.717) is 29.1 Å². The number of nitrogens with zero attached hydrogens (tertiary/aromatic N) is 1. The van der Waals surface area contributed by atoms with Crippen molar-refractivity contribution in [2.24, 2.45) is 0 Å². The van der Waals surface area contributed by atoms with Gasteiger partial charge in [-0.05, 0) is 44.5 Å². The second-order valence-electron chi connectivity index (χ2n) is 4.52. The number of esters is 1. The number of pyridine rings is 1. The van der Waals surface area contributed by atoms with Crippen LogP contribution in [0.1, 0.15) is 28.5 Å². The third kappa shape index (κ3) is 2.85. The fourth-order valence-electron chi connectivity index (χ4n) is 2.05. The van der Waals surface area contributed by atoms with Crippen LogP contribution in [0.25, 0.3) is 11.3 Å². The van der Waals surface area contributed by atoms with Crippen LogP contribution in [0.15, 0.2) is 30.3 Å². The van der Waals surface area contributed by atoms with Crippen molar-refractivity contribution in [2.75, 3.05) is 6.61 Å². The lowest BCUT2D eigenvalue weighted by atomic mass is 10.0. The van der Waals surface area contributed by atoms with Gasteiger partial charge < -0.3 is 4.74 Å². The Bertz CT molecular complexity index is 653. The van der Waals surface area contributed by atoms with Crippen LogP contribution in [-0.2, 0) is 4.74 Å². The van der Waals surface area contributed by atoms with E-state index in [2.05, 4.69) is 4.98 Å². The number of aryl methyl sites for hydroxylation is 2. The zero-order chi connectivity index (χ0) is 14.7. The van der Waals surface area contributed by atoms with E-state index in [1.54, 1.807) is 32.0 Å². The van der Waals surface area contributed by atoms with Crippen LogP contribution in [0.4, 0.5) is 4.39 Å². The lowest BCUT2D eigenvalue weighted by Crippen LogP contribution is -2.09. The molecule has 1 heterocycles. The zero-order valence-electron chi connectivity index (χ0n) is 11.7. The number of ether oxygens (including phenoxy) is 1. The van der Waals surface area contributed by atoms with Crippen molar-refractivity contribution >= 4 is 5.97 Å². The number of hydrogen-bond donors (Lipinski definition) is 0. The molecule has 2 rings (SSSR count). The van der Waals surface area contributed by atoms with Crippen molar-refractivity contribution in [3.05, 3.63) is 53.0 Å². The van der Waals surface area contributed by atoms with Crippen molar-refractivity contribution in [1.82, 2.24) is 4.98 Å². The zero-order valence-corrected chi connectivity index (χ0v) is 11.7. The van der Waals surface area contributed by atoms with Crippen molar-refractivity contribution in [3.8, 4) is 11.3 Å². The highest BCUT2D eigenvalue weighted by atomic mass is 19.1. The van der Waals surface area contributed by atoms with E-state index >= 15 is 0 Å². The highest BCUT2D eigenvalue weighted by molar-refractivity contribution is 5.91. The molecule has 0 aliphatic carbocycles. The summed E-state index contributed by atoms with van der Waals surface area (Å²) in [5, 5.41) is 0. The predicted molar refractivity (Wildman–Crippen MR) is 75.1 cm³/mol. The van der Waals surface area contributed by atoms with Crippen LogP contribution >= 0.6 is 0 Å². The van der Waals surface area contributed by atoms with E-state index in [0.717, 1.165) is 5.56 Å². The maximum atomic E-state index is 13.3. The Morgan fingerprint density at radius 3 is 2.70 bits per heavy atom. The van der Waals surface area contributed by atoms with Gasteiger partial charge in [0, 0.05) is 5.56 Å². The number of carbonyl (C=O) groups excluding carboxylic acids is 1. The van der Waals surface area contributed by atoms with Crippen LogP contribution in [0.2, 0.25) is 0 Å². The average Bonchev–Trinajstić information content (AvgIpc) is 2.41. The highest BCUT2D eigenvalue weighted by Gasteiger charge is 2.15. The second-order valence-corrected chi connectivity index (χ2v) is 4.52. The Balaban J connectivity index is 2.48. The molecule has 0 spiro atoms. The first-order chi connectivity index (χ1) is 9.52. The molecule has 0 saturated carbocycles. The highest BCUT2D eigenvalue weighted by Crippen LogP contribution is 2.24. The molecule has 3 nitrogen and oxygen atoms in total.